The number of nitrogens with one attached hydrogen (secondary N) is 2. The van der Waals surface area contributed by atoms with Crippen molar-refractivity contribution in [2.24, 2.45) is 15.3 Å². The fourth-order valence-corrected chi connectivity index (χ4v) is 2.52. The minimum absolute atomic E-state index is 0.111. The maximum Gasteiger partial charge on any atom is 0.282 e. The molecule has 0 saturated heterocycles. The van der Waals surface area contributed by atoms with Crippen molar-refractivity contribution in [2.75, 3.05) is 10.3 Å². The second-order valence-electron chi connectivity index (χ2n) is 6.00. The number of amides is 3. The quantitative estimate of drug-likeness (QED) is 0.797. The minimum atomic E-state index is -1.06. The fraction of sp³-hybridized carbons (Fsp3) is 0.158. The highest BCUT2D eigenvalue weighted by Gasteiger charge is 2.37. The second kappa shape index (κ2) is 8.21. The summed E-state index contributed by atoms with van der Waals surface area (Å²) in [6, 6.07) is 14.4. The lowest BCUT2D eigenvalue weighted by Gasteiger charge is -2.11. The molecule has 9 nitrogen and oxygen atoms in total. The Balaban J connectivity index is 1.81. The zero-order chi connectivity index (χ0) is 20.1. The smallest absolute Gasteiger partial charge is 0.282 e. The predicted octanol–water partition coefficient (Wildman–Crippen LogP) is 2.59. The molecule has 0 fully saturated rings. The molecule has 0 radical (unpaired) electrons. The lowest BCUT2D eigenvalue weighted by molar-refractivity contribution is -0.118. The van der Waals surface area contributed by atoms with Crippen LogP contribution >= 0.6 is 0 Å². The second-order valence-corrected chi connectivity index (χ2v) is 6.00. The molecule has 1 heterocycles. The van der Waals surface area contributed by atoms with E-state index >= 15 is 0 Å². The highest BCUT2D eigenvalue weighted by molar-refractivity contribution is 6.21. The van der Waals surface area contributed by atoms with Gasteiger partial charge in [0.15, 0.2) is 5.84 Å². The summed E-state index contributed by atoms with van der Waals surface area (Å²) in [4.78, 5) is 35.3. The van der Waals surface area contributed by atoms with E-state index in [0.717, 1.165) is 0 Å². The first kappa shape index (κ1) is 18.9. The number of hydrazone groups is 1. The van der Waals surface area contributed by atoms with Gasteiger partial charge < -0.3 is 10.6 Å². The number of carbonyl (C=O) groups excluding carboxylic acids is 3. The molecule has 1 atom stereocenters. The summed E-state index contributed by atoms with van der Waals surface area (Å²) in [5.41, 5.74) is 1.68. The van der Waals surface area contributed by atoms with Crippen LogP contribution in [0.4, 0.5) is 17.1 Å². The molecule has 0 saturated carbocycles. The summed E-state index contributed by atoms with van der Waals surface area (Å²) in [6.07, 6.45) is 0. The topological polar surface area (TPSA) is 116 Å². The lowest BCUT2D eigenvalue weighted by atomic mass is 10.2. The van der Waals surface area contributed by atoms with Gasteiger partial charge in [0.05, 0.1) is 11.4 Å². The van der Waals surface area contributed by atoms with E-state index in [1.165, 1.54) is 18.9 Å². The Labute approximate surface area is 161 Å². The zero-order valence-corrected chi connectivity index (χ0v) is 15.3. The molecule has 0 aromatic heterocycles. The van der Waals surface area contributed by atoms with Gasteiger partial charge in [-0.1, -0.05) is 18.2 Å². The molecule has 3 rings (SSSR count). The predicted molar refractivity (Wildman–Crippen MR) is 104 cm³/mol. The van der Waals surface area contributed by atoms with Gasteiger partial charge in [-0.3, -0.25) is 14.4 Å². The lowest BCUT2D eigenvalue weighted by Crippen LogP contribution is -2.38. The molecule has 9 heteroatoms. The largest absolute Gasteiger partial charge is 0.326 e. The summed E-state index contributed by atoms with van der Waals surface area (Å²) in [5.74, 6) is -0.849. The number of hydrogen-bond acceptors (Lipinski definition) is 6. The van der Waals surface area contributed by atoms with Gasteiger partial charge >= 0.3 is 0 Å². The van der Waals surface area contributed by atoms with Crippen LogP contribution in [0.5, 0.6) is 0 Å². The van der Waals surface area contributed by atoms with Crippen molar-refractivity contribution in [3.63, 3.8) is 0 Å². The molecule has 0 unspecified atom stereocenters. The van der Waals surface area contributed by atoms with Gasteiger partial charge in [0.2, 0.25) is 17.9 Å². The van der Waals surface area contributed by atoms with Gasteiger partial charge in [-0.15, -0.1) is 5.10 Å². The van der Waals surface area contributed by atoms with E-state index < -0.39 is 11.9 Å². The molecule has 0 spiro atoms. The third kappa shape index (κ3) is 4.44. The van der Waals surface area contributed by atoms with E-state index in [-0.39, 0.29) is 17.6 Å². The van der Waals surface area contributed by atoms with Crippen LogP contribution in [-0.2, 0) is 14.4 Å². The highest BCUT2D eigenvalue weighted by atomic mass is 16.2. The summed E-state index contributed by atoms with van der Waals surface area (Å²) in [5, 5.41) is 18.7. The summed E-state index contributed by atoms with van der Waals surface area (Å²) < 4.78 is 0. The molecule has 142 valence electrons. The van der Waals surface area contributed by atoms with Crippen molar-refractivity contribution < 1.29 is 14.4 Å². The van der Waals surface area contributed by atoms with Crippen molar-refractivity contribution >= 4 is 40.6 Å². The molecule has 0 aliphatic carbocycles. The Morgan fingerprint density at radius 3 is 2.21 bits per heavy atom. The molecule has 2 aromatic rings. The van der Waals surface area contributed by atoms with Gasteiger partial charge in [0, 0.05) is 19.5 Å². The first-order valence-corrected chi connectivity index (χ1v) is 8.47. The molecular formula is C19H18N6O3. The van der Waals surface area contributed by atoms with Crippen LogP contribution in [0.25, 0.3) is 0 Å². The van der Waals surface area contributed by atoms with Crippen LogP contribution in [0.3, 0.4) is 0 Å². The van der Waals surface area contributed by atoms with Crippen molar-refractivity contribution in [3.05, 3.63) is 54.6 Å². The van der Waals surface area contributed by atoms with E-state index in [1.807, 2.05) is 6.07 Å². The molecule has 3 amide bonds. The third-order valence-corrected chi connectivity index (χ3v) is 3.69. The van der Waals surface area contributed by atoms with Crippen LogP contribution in [-0.4, -0.2) is 29.6 Å². The first-order chi connectivity index (χ1) is 13.4. The number of azo groups is 1. The molecular weight excluding hydrogens is 360 g/mol. The Morgan fingerprint density at radius 2 is 1.61 bits per heavy atom. The van der Waals surface area contributed by atoms with Crippen molar-refractivity contribution in [1.82, 2.24) is 5.32 Å². The Hall–Kier alpha value is -3.88. The van der Waals surface area contributed by atoms with Gasteiger partial charge in [-0.2, -0.15) is 15.2 Å². The van der Waals surface area contributed by atoms with E-state index in [1.54, 1.807) is 48.5 Å². The van der Waals surface area contributed by atoms with Crippen molar-refractivity contribution in [2.45, 2.75) is 19.9 Å². The van der Waals surface area contributed by atoms with E-state index in [9.17, 15) is 14.4 Å². The number of nitrogens with zero attached hydrogens (tertiary/aromatic N) is 4. The van der Waals surface area contributed by atoms with Gasteiger partial charge in [0.25, 0.3) is 5.91 Å². The third-order valence-electron chi connectivity index (χ3n) is 3.69. The van der Waals surface area contributed by atoms with Crippen LogP contribution < -0.4 is 15.6 Å². The SMILES string of the molecule is CC(=O)NC1=NN(c2ccccc2)C(=O)[C@H]1N=Nc1ccc(NC(C)=O)cc1. The fourth-order valence-electron chi connectivity index (χ4n) is 2.52. The molecule has 2 aromatic carbocycles. The van der Waals surface area contributed by atoms with E-state index in [4.69, 9.17) is 0 Å². The van der Waals surface area contributed by atoms with Gasteiger partial charge in [-0.05, 0) is 36.4 Å². The highest BCUT2D eigenvalue weighted by Crippen LogP contribution is 2.23. The number of benzene rings is 2. The zero-order valence-electron chi connectivity index (χ0n) is 15.3. The van der Waals surface area contributed by atoms with Crippen molar-refractivity contribution in [3.8, 4) is 0 Å². The first-order valence-electron chi connectivity index (χ1n) is 8.47. The number of carbonyl (C=O) groups is 3. The maximum absolute atomic E-state index is 12.8. The number of rotatable bonds is 4. The van der Waals surface area contributed by atoms with Crippen LogP contribution in [0.15, 0.2) is 69.9 Å². The number of anilines is 2. The number of hydrogen-bond donors (Lipinski definition) is 2. The average molecular weight is 378 g/mol. The van der Waals surface area contributed by atoms with Crippen LogP contribution in [0.1, 0.15) is 13.8 Å². The monoisotopic (exact) mass is 378 g/mol. The minimum Gasteiger partial charge on any atom is -0.326 e. The number of amidine groups is 1. The van der Waals surface area contributed by atoms with E-state index in [2.05, 4.69) is 26.0 Å². The molecule has 2 N–H and O–H groups in total. The Morgan fingerprint density at radius 1 is 0.964 bits per heavy atom. The van der Waals surface area contributed by atoms with Crippen molar-refractivity contribution in [1.29, 1.82) is 0 Å². The maximum atomic E-state index is 12.8. The summed E-state index contributed by atoms with van der Waals surface area (Å²) >= 11 is 0. The van der Waals surface area contributed by atoms with Gasteiger partial charge in [0.1, 0.15) is 0 Å². The van der Waals surface area contributed by atoms with Gasteiger partial charge in [-0.25, -0.2) is 0 Å². The number of para-hydroxylation sites is 1. The standard InChI is InChI=1S/C19H18N6O3/c1-12(26)20-14-8-10-15(11-9-14)22-23-17-18(21-13(2)27)24-25(19(17)28)16-6-4-3-5-7-16/h3-11,17H,1-2H3,(H,20,26)(H,21,24,27)/t17-/m0/s1. The van der Waals surface area contributed by atoms with Crippen LogP contribution in [0.2, 0.25) is 0 Å². The average Bonchev–Trinajstić information content (AvgIpc) is 2.96. The Kier molecular flexibility index (Phi) is 5.54. The summed E-state index contributed by atoms with van der Waals surface area (Å²) in [7, 11) is 0. The molecule has 1 aliphatic heterocycles. The summed E-state index contributed by atoms with van der Waals surface area (Å²) in [6.45, 7) is 2.74. The molecule has 28 heavy (non-hydrogen) atoms. The normalized spacial score (nSPS) is 16.2. The molecule has 0 bridgehead atoms. The van der Waals surface area contributed by atoms with Crippen LogP contribution in [0, 0.1) is 0 Å². The Bertz CT molecular complexity index is 953. The molecule has 1 aliphatic rings. The van der Waals surface area contributed by atoms with E-state index in [0.29, 0.717) is 17.1 Å².